The highest BCUT2D eigenvalue weighted by Crippen LogP contribution is 2.30. The maximum absolute atomic E-state index is 12.9. The third-order valence-electron chi connectivity index (χ3n) is 5.45. The monoisotopic (exact) mass is 441 g/mol. The third kappa shape index (κ3) is 6.23. The minimum absolute atomic E-state index is 0.0730. The topological polar surface area (TPSA) is 85.3 Å². The van der Waals surface area contributed by atoms with Crippen LogP contribution in [0, 0.1) is 5.92 Å². The molecule has 172 valence electrons. The van der Waals surface area contributed by atoms with Crippen molar-refractivity contribution in [2.75, 3.05) is 20.3 Å². The van der Waals surface area contributed by atoms with Crippen molar-refractivity contribution in [3.05, 3.63) is 59.7 Å². The van der Waals surface area contributed by atoms with Crippen LogP contribution in [0.1, 0.15) is 42.6 Å². The molecule has 1 saturated heterocycles. The molecule has 2 aromatic carbocycles. The van der Waals surface area contributed by atoms with E-state index in [0.717, 1.165) is 5.56 Å². The number of benzene rings is 2. The first-order chi connectivity index (χ1) is 15.4. The van der Waals surface area contributed by atoms with Gasteiger partial charge in [-0.25, -0.2) is 4.79 Å². The number of nitrogens with zero attached hydrogens (tertiary/aromatic N) is 1. The summed E-state index contributed by atoms with van der Waals surface area (Å²) in [7, 11) is 1.47. The van der Waals surface area contributed by atoms with Crippen molar-refractivity contribution < 1.29 is 28.9 Å². The first kappa shape index (κ1) is 23.6. The number of likely N-dealkylation sites (tertiary alicyclic amines) is 1. The third-order valence-corrected chi connectivity index (χ3v) is 5.45. The summed E-state index contributed by atoms with van der Waals surface area (Å²) < 4.78 is 17.4. The van der Waals surface area contributed by atoms with Crippen LogP contribution in [-0.2, 0) is 16.1 Å². The maximum Gasteiger partial charge on any atom is 0.335 e. The first-order valence-electron chi connectivity index (χ1n) is 10.9. The summed E-state index contributed by atoms with van der Waals surface area (Å²) in [4.78, 5) is 25.9. The normalized spacial score (nSPS) is 18.1. The SMILES string of the molecule is COc1cc(C(=O)O)ccc1OC[C@@H]1CC(OCc2ccccc2)CN1C(=O)CC(C)C. The van der Waals surface area contributed by atoms with E-state index in [1.165, 1.54) is 19.2 Å². The van der Waals surface area contributed by atoms with E-state index in [2.05, 4.69) is 0 Å². The van der Waals surface area contributed by atoms with Gasteiger partial charge in [0, 0.05) is 13.0 Å². The Balaban J connectivity index is 1.67. The van der Waals surface area contributed by atoms with Crippen molar-refractivity contribution in [2.45, 2.75) is 45.4 Å². The number of amides is 1. The van der Waals surface area contributed by atoms with E-state index in [9.17, 15) is 14.7 Å². The Kier molecular flexibility index (Phi) is 8.11. The van der Waals surface area contributed by atoms with Gasteiger partial charge in [-0.05, 0) is 36.1 Å². The Morgan fingerprint density at radius 2 is 1.88 bits per heavy atom. The molecule has 1 unspecified atom stereocenters. The standard InChI is InChI=1S/C25H31NO6/c1-17(2)11-24(27)26-14-21(31-15-18-7-5-4-6-8-18)13-20(26)16-32-22-10-9-19(25(28)29)12-23(22)30-3/h4-10,12,17,20-21H,11,13-16H2,1-3H3,(H,28,29)/t20-,21?/m0/s1. The Morgan fingerprint density at radius 1 is 1.12 bits per heavy atom. The Labute approximate surface area is 188 Å². The van der Waals surface area contributed by atoms with Gasteiger partial charge in [0.15, 0.2) is 11.5 Å². The van der Waals surface area contributed by atoms with Gasteiger partial charge in [0.2, 0.25) is 5.91 Å². The van der Waals surface area contributed by atoms with E-state index in [4.69, 9.17) is 14.2 Å². The highest BCUT2D eigenvalue weighted by molar-refractivity contribution is 5.88. The van der Waals surface area contributed by atoms with E-state index >= 15 is 0 Å². The number of carboxylic acid groups (broad SMARTS) is 1. The summed E-state index contributed by atoms with van der Waals surface area (Å²) in [6.07, 6.45) is 1.07. The number of hydrogen-bond donors (Lipinski definition) is 1. The molecule has 1 aliphatic heterocycles. The molecule has 0 aromatic heterocycles. The predicted molar refractivity (Wildman–Crippen MR) is 120 cm³/mol. The molecule has 2 aromatic rings. The smallest absolute Gasteiger partial charge is 0.335 e. The molecule has 7 heteroatoms. The molecular formula is C25H31NO6. The van der Waals surface area contributed by atoms with E-state index in [1.54, 1.807) is 6.07 Å². The molecule has 0 bridgehead atoms. The summed E-state index contributed by atoms with van der Waals surface area (Å²) in [5.41, 5.74) is 1.22. The minimum Gasteiger partial charge on any atom is -0.493 e. The molecule has 7 nitrogen and oxygen atoms in total. The molecule has 0 aliphatic carbocycles. The lowest BCUT2D eigenvalue weighted by atomic mass is 10.1. The predicted octanol–water partition coefficient (Wildman–Crippen LogP) is 4.00. The number of hydrogen-bond acceptors (Lipinski definition) is 5. The quantitative estimate of drug-likeness (QED) is 0.600. The van der Waals surface area contributed by atoms with Gasteiger partial charge in [0.25, 0.3) is 0 Å². The zero-order valence-corrected chi connectivity index (χ0v) is 18.8. The molecule has 32 heavy (non-hydrogen) atoms. The average Bonchev–Trinajstić information content (AvgIpc) is 3.19. The molecular weight excluding hydrogens is 410 g/mol. The number of carboxylic acids is 1. The van der Waals surface area contributed by atoms with E-state index in [0.29, 0.717) is 37.5 Å². The molecule has 1 amide bonds. The van der Waals surface area contributed by atoms with E-state index in [1.807, 2.05) is 49.1 Å². The molecule has 1 aliphatic rings. The Bertz CT molecular complexity index is 914. The fraction of sp³-hybridized carbons (Fsp3) is 0.440. The molecule has 3 rings (SSSR count). The molecule has 2 atom stereocenters. The van der Waals surface area contributed by atoms with Gasteiger partial charge >= 0.3 is 5.97 Å². The fourth-order valence-electron chi connectivity index (χ4n) is 3.82. The summed E-state index contributed by atoms with van der Waals surface area (Å²) in [6.45, 7) is 5.35. The lowest BCUT2D eigenvalue weighted by Gasteiger charge is -2.25. The molecule has 0 spiro atoms. The lowest BCUT2D eigenvalue weighted by Crippen LogP contribution is -2.39. The summed E-state index contributed by atoms with van der Waals surface area (Å²) >= 11 is 0. The largest absolute Gasteiger partial charge is 0.493 e. The van der Waals surface area contributed by atoms with Gasteiger partial charge in [-0.2, -0.15) is 0 Å². The van der Waals surface area contributed by atoms with Gasteiger partial charge in [-0.1, -0.05) is 44.2 Å². The summed E-state index contributed by atoms with van der Waals surface area (Å²) in [5, 5.41) is 9.17. The highest BCUT2D eigenvalue weighted by Gasteiger charge is 2.36. The van der Waals surface area contributed by atoms with Crippen LogP contribution in [0.15, 0.2) is 48.5 Å². The highest BCUT2D eigenvalue weighted by atomic mass is 16.5. The fourth-order valence-corrected chi connectivity index (χ4v) is 3.82. The van der Waals surface area contributed by atoms with Crippen LogP contribution in [-0.4, -0.2) is 54.3 Å². The average molecular weight is 442 g/mol. The zero-order valence-electron chi connectivity index (χ0n) is 18.8. The van der Waals surface area contributed by atoms with Crippen molar-refractivity contribution in [3.63, 3.8) is 0 Å². The minimum atomic E-state index is -1.03. The molecule has 0 saturated carbocycles. The van der Waals surface area contributed by atoms with Crippen LogP contribution in [0.2, 0.25) is 0 Å². The van der Waals surface area contributed by atoms with Crippen LogP contribution in [0.4, 0.5) is 0 Å². The van der Waals surface area contributed by atoms with Crippen LogP contribution in [0.5, 0.6) is 11.5 Å². The number of rotatable bonds is 10. The van der Waals surface area contributed by atoms with Gasteiger partial charge in [0.05, 0.1) is 31.4 Å². The first-order valence-corrected chi connectivity index (χ1v) is 10.9. The second-order valence-electron chi connectivity index (χ2n) is 8.43. The van der Waals surface area contributed by atoms with Gasteiger partial charge in [0.1, 0.15) is 6.61 Å². The van der Waals surface area contributed by atoms with Crippen molar-refractivity contribution in [2.24, 2.45) is 5.92 Å². The lowest BCUT2D eigenvalue weighted by molar-refractivity contribution is -0.133. The number of carbonyl (C=O) groups is 2. The van der Waals surface area contributed by atoms with Crippen LogP contribution >= 0.6 is 0 Å². The van der Waals surface area contributed by atoms with Gasteiger partial charge < -0.3 is 24.2 Å². The molecule has 1 N–H and O–H groups in total. The summed E-state index contributed by atoms with van der Waals surface area (Å²) in [6, 6.07) is 14.3. The van der Waals surface area contributed by atoms with E-state index < -0.39 is 5.97 Å². The Morgan fingerprint density at radius 3 is 2.53 bits per heavy atom. The van der Waals surface area contributed by atoms with Crippen molar-refractivity contribution in [3.8, 4) is 11.5 Å². The zero-order chi connectivity index (χ0) is 23.1. The van der Waals surface area contributed by atoms with Crippen LogP contribution < -0.4 is 9.47 Å². The van der Waals surface area contributed by atoms with E-state index in [-0.39, 0.29) is 36.1 Å². The van der Waals surface area contributed by atoms with Gasteiger partial charge in [-0.15, -0.1) is 0 Å². The number of ether oxygens (including phenoxy) is 3. The number of carbonyl (C=O) groups excluding carboxylic acids is 1. The second kappa shape index (κ2) is 11.0. The van der Waals surface area contributed by atoms with Crippen molar-refractivity contribution >= 4 is 11.9 Å². The van der Waals surface area contributed by atoms with Crippen LogP contribution in [0.25, 0.3) is 0 Å². The van der Waals surface area contributed by atoms with Crippen molar-refractivity contribution in [1.29, 1.82) is 0 Å². The molecule has 1 heterocycles. The number of aromatic carboxylic acids is 1. The number of methoxy groups -OCH3 is 1. The Hall–Kier alpha value is -3.06. The molecule has 1 fully saturated rings. The van der Waals surface area contributed by atoms with Gasteiger partial charge in [-0.3, -0.25) is 4.79 Å². The second-order valence-corrected chi connectivity index (χ2v) is 8.43. The maximum atomic E-state index is 12.9. The van der Waals surface area contributed by atoms with Crippen molar-refractivity contribution in [1.82, 2.24) is 4.90 Å². The van der Waals surface area contributed by atoms with Crippen LogP contribution in [0.3, 0.4) is 0 Å². The molecule has 0 radical (unpaired) electrons. The summed E-state index contributed by atoms with van der Waals surface area (Å²) in [5.74, 6) is 0.112.